The number of alkyl halides is 3. The third-order valence-corrected chi connectivity index (χ3v) is 8.34. The van der Waals surface area contributed by atoms with Crippen molar-refractivity contribution in [3.8, 4) is 44.5 Å². The third-order valence-electron chi connectivity index (χ3n) is 8.34. The van der Waals surface area contributed by atoms with E-state index in [-0.39, 0.29) is 0 Å². The molecule has 0 spiro atoms. The lowest BCUT2D eigenvalue weighted by Crippen LogP contribution is -2.08. The summed E-state index contributed by atoms with van der Waals surface area (Å²) in [5, 5.41) is 1.14. The molecule has 8 aromatic rings. The standard InChI is InChI=1S/C39H24F3N/c40-39(41,42)29-23-30-34(25-13-5-1-6-14-25)36(27-17-9-3-10-18-27)32-21-22-33-37(28-19-11-4-12-20-28)35(26-15-7-2-8-16-26)31(24-29)38(30)43(32)33/h1-24H. The van der Waals surface area contributed by atoms with Crippen molar-refractivity contribution >= 4 is 27.3 Å². The largest absolute Gasteiger partial charge is 0.416 e. The molecule has 0 unspecified atom stereocenters. The molecule has 0 fully saturated rings. The Morgan fingerprint density at radius 3 is 1.05 bits per heavy atom. The van der Waals surface area contributed by atoms with Gasteiger partial charge >= 0.3 is 6.18 Å². The normalized spacial score (nSPS) is 12.1. The number of pyridine rings is 2. The molecule has 0 aliphatic carbocycles. The van der Waals surface area contributed by atoms with E-state index in [9.17, 15) is 13.2 Å². The maximum Gasteiger partial charge on any atom is 0.416 e. The van der Waals surface area contributed by atoms with Gasteiger partial charge < -0.3 is 4.40 Å². The summed E-state index contributed by atoms with van der Waals surface area (Å²) in [5.41, 5.74) is 9.07. The van der Waals surface area contributed by atoms with Crippen LogP contribution in [-0.2, 0) is 6.18 Å². The van der Waals surface area contributed by atoms with Crippen LogP contribution in [0.1, 0.15) is 5.56 Å². The first kappa shape index (κ1) is 25.4. The monoisotopic (exact) mass is 563 g/mol. The van der Waals surface area contributed by atoms with Gasteiger partial charge in [-0.3, -0.25) is 0 Å². The maximum absolute atomic E-state index is 14.8. The first-order valence-corrected chi connectivity index (χ1v) is 14.2. The molecule has 0 atom stereocenters. The molecule has 0 saturated carbocycles. The Bertz CT molecular complexity index is 2080. The van der Waals surface area contributed by atoms with Crippen molar-refractivity contribution in [1.82, 2.24) is 4.40 Å². The van der Waals surface area contributed by atoms with Crippen LogP contribution in [0.5, 0.6) is 0 Å². The predicted molar refractivity (Wildman–Crippen MR) is 170 cm³/mol. The number of aromatic nitrogens is 1. The highest BCUT2D eigenvalue weighted by atomic mass is 19.4. The lowest BCUT2D eigenvalue weighted by atomic mass is 9.85. The van der Waals surface area contributed by atoms with Crippen LogP contribution in [0.25, 0.3) is 71.8 Å². The van der Waals surface area contributed by atoms with E-state index in [0.29, 0.717) is 10.8 Å². The topological polar surface area (TPSA) is 4.41 Å². The summed E-state index contributed by atoms with van der Waals surface area (Å²) in [6.45, 7) is 0. The SMILES string of the molecule is FC(F)(F)c1cc2c(-c3ccccc3)c(-c3ccccc3)c3ccc4c(-c5ccccc5)c(-c5ccccc5)c(c1)c2n34. The minimum absolute atomic E-state index is 0.570. The molecule has 8 rings (SSSR count). The quantitative estimate of drug-likeness (QED) is 0.201. The van der Waals surface area contributed by atoms with Crippen LogP contribution in [0.4, 0.5) is 13.2 Å². The lowest BCUT2D eigenvalue weighted by molar-refractivity contribution is -0.137. The average Bonchev–Trinajstić information content (AvgIpc) is 3.49. The Hall–Kier alpha value is -5.35. The zero-order valence-electron chi connectivity index (χ0n) is 22.9. The van der Waals surface area contributed by atoms with Crippen molar-refractivity contribution in [3.05, 3.63) is 151 Å². The zero-order chi connectivity index (χ0) is 29.1. The number of nitrogens with zero attached hydrogens (tertiary/aromatic N) is 1. The molecule has 0 radical (unpaired) electrons. The molecule has 43 heavy (non-hydrogen) atoms. The Kier molecular flexibility index (Phi) is 5.66. The van der Waals surface area contributed by atoms with Crippen LogP contribution in [0.3, 0.4) is 0 Å². The van der Waals surface area contributed by atoms with Crippen molar-refractivity contribution < 1.29 is 13.2 Å². The number of halogens is 3. The molecule has 5 aromatic carbocycles. The molecule has 0 aliphatic heterocycles. The van der Waals surface area contributed by atoms with E-state index in [1.807, 2.05) is 121 Å². The Labute approximate surface area is 246 Å². The molecule has 0 amide bonds. The highest BCUT2D eigenvalue weighted by Crippen LogP contribution is 2.51. The number of rotatable bonds is 4. The van der Waals surface area contributed by atoms with Gasteiger partial charge in [-0.1, -0.05) is 121 Å². The second-order valence-corrected chi connectivity index (χ2v) is 10.8. The smallest absolute Gasteiger partial charge is 0.308 e. The molecule has 1 nitrogen and oxygen atoms in total. The predicted octanol–water partition coefficient (Wildman–Crippen LogP) is 11.4. The number of hydrogen-bond acceptors (Lipinski definition) is 0. The van der Waals surface area contributed by atoms with E-state index < -0.39 is 11.7 Å². The van der Waals surface area contributed by atoms with Crippen LogP contribution >= 0.6 is 0 Å². The summed E-state index contributed by atoms with van der Waals surface area (Å²) in [4.78, 5) is 0. The van der Waals surface area contributed by atoms with E-state index in [0.717, 1.165) is 61.1 Å². The van der Waals surface area contributed by atoms with Crippen molar-refractivity contribution in [2.45, 2.75) is 6.18 Å². The molecular formula is C39H24F3N. The fourth-order valence-electron chi connectivity index (χ4n) is 6.62. The molecule has 4 heteroatoms. The third kappa shape index (κ3) is 3.94. The second kappa shape index (κ2) is 9.60. The van der Waals surface area contributed by atoms with E-state index in [4.69, 9.17) is 0 Å². The van der Waals surface area contributed by atoms with Crippen molar-refractivity contribution in [2.75, 3.05) is 0 Å². The van der Waals surface area contributed by atoms with Crippen molar-refractivity contribution in [3.63, 3.8) is 0 Å². The number of hydrogen-bond donors (Lipinski definition) is 0. The van der Waals surface area contributed by atoms with E-state index in [1.54, 1.807) is 0 Å². The summed E-state index contributed by atoms with van der Waals surface area (Å²) in [7, 11) is 0. The molecule has 206 valence electrons. The first-order valence-electron chi connectivity index (χ1n) is 14.2. The molecule has 3 aromatic heterocycles. The van der Waals surface area contributed by atoms with Crippen molar-refractivity contribution in [1.29, 1.82) is 0 Å². The van der Waals surface area contributed by atoms with E-state index in [1.165, 1.54) is 12.1 Å². The van der Waals surface area contributed by atoms with Gasteiger partial charge in [0, 0.05) is 33.0 Å². The van der Waals surface area contributed by atoms with Crippen molar-refractivity contribution in [2.24, 2.45) is 0 Å². The summed E-state index contributed by atoms with van der Waals surface area (Å²) >= 11 is 0. The minimum atomic E-state index is -4.54. The number of benzene rings is 5. The summed E-state index contributed by atoms with van der Waals surface area (Å²) in [6.07, 6.45) is -4.54. The van der Waals surface area contributed by atoms with Gasteiger partial charge in [0.15, 0.2) is 0 Å². The minimum Gasteiger partial charge on any atom is -0.308 e. The first-order chi connectivity index (χ1) is 21.0. The van der Waals surface area contributed by atoms with Gasteiger partial charge in [0.05, 0.1) is 22.1 Å². The van der Waals surface area contributed by atoms with Crippen LogP contribution in [0.2, 0.25) is 0 Å². The van der Waals surface area contributed by atoms with Gasteiger partial charge in [-0.05, 0) is 46.5 Å². The lowest BCUT2D eigenvalue weighted by Gasteiger charge is -2.25. The van der Waals surface area contributed by atoms with Crippen LogP contribution in [0.15, 0.2) is 146 Å². The molecule has 0 bridgehead atoms. The fraction of sp³-hybridized carbons (Fsp3) is 0.0256. The molecule has 0 saturated heterocycles. The molecule has 0 aliphatic rings. The average molecular weight is 564 g/mol. The van der Waals surface area contributed by atoms with E-state index in [2.05, 4.69) is 16.5 Å². The van der Waals surface area contributed by atoms with Gasteiger partial charge in [-0.2, -0.15) is 13.2 Å². The highest BCUT2D eigenvalue weighted by molar-refractivity contribution is 6.21. The van der Waals surface area contributed by atoms with Gasteiger partial charge in [0.1, 0.15) is 0 Å². The van der Waals surface area contributed by atoms with Gasteiger partial charge in [0.2, 0.25) is 0 Å². The highest BCUT2D eigenvalue weighted by Gasteiger charge is 2.34. The maximum atomic E-state index is 14.8. The summed E-state index contributed by atoms with van der Waals surface area (Å²) in [5.74, 6) is 0. The van der Waals surface area contributed by atoms with Crippen LogP contribution < -0.4 is 0 Å². The van der Waals surface area contributed by atoms with Gasteiger partial charge in [-0.15, -0.1) is 0 Å². The van der Waals surface area contributed by atoms with Gasteiger partial charge in [-0.25, -0.2) is 0 Å². The Morgan fingerprint density at radius 1 is 0.395 bits per heavy atom. The van der Waals surface area contributed by atoms with Crippen LogP contribution in [-0.4, -0.2) is 4.40 Å². The van der Waals surface area contributed by atoms with E-state index >= 15 is 0 Å². The fourth-order valence-corrected chi connectivity index (χ4v) is 6.62. The van der Waals surface area contributed by atoms with Crippen LogP contribution in [0, 0.1) is 0 Å². The Morgan fingerprint density at radius 2 is 0.721 bits per heavy atom. The molecule has 3 heterocycles. The summed E-state index contributed by atoms with van der Waals surface area (Å²) < 4.78 is 46.5. The summed E-state index contributed by atoms with van der Waals surface area (Å²) in [6, 6.07) is 46.4. The zero-order valence-corrected chi connectivity index (χ0v) is 22.9. The van der Waals surface area contributed by atoms with Gasteiger partial charge in [0.25, 0.3) is 0 Å². The molecule has 0 N–H and O–H groups in total. The second-order valence-electron chi connectivity index (χ2n) is 10.8. The molecular weight excluding hydrogens is 539 g/mol. The Balaban J connectivity index is 1.70.